The lowest BCUT2D eigenvalue weighted by Crippen LogP contribution is -2.54. The van der Waals surface area contributed by atoms with Crippen LogP contribution in [0.4, 0.5) is 0 Å². The molecule has 0 unspecified atom stereocenters. The van der Waals surface area contributed by atoms with E-state index >= 15 is 0 Å². The van der Waals surface area contributed by atoms with Crippen LogP contribution in [0.15, 0.2) is 73.6 Å². The molecule has 0 aromatic carbocycles. The van der Waals surface area contributed by atoms with Gasteiger partial charge in [0.1, 0.15) is 25.4 Å². The van der Waals surface area contributed by atoms with Crippen LogP contribution in [-0.2, 0) is 14.2 Å². The smallest absolute Gasteiger partial charge is 0.339 e. The fraction of sp³-hybridized carbons (Fsp3) is 0.182. The fourth-order valence-corrected chi connectivity index (χ4v) is 2.45. The molecular weight excluding hydrogens is 416 g/mol. The van der Waals surface area contributed by atoms with Crippen LogP contribution in [-0.4, -0.2) is 58.2 Å². The molecule has 0 aliphatic heterocycles. The molecule has 10 nitrogen and oxygen atoms in total. The van der Waals surface area contributed by atoms with Crippen molar-refractivity contribution < 1.29 is 28.6 Å². The molecule has 2 N–H and O–H groups in total. The highest BCUT2D eigenvalue weighted by Gasteiger charge is 2.32. The minimum absolute atomic E-state index is 0.217. The number of pyridine rings is 3. The van der Waals surface area contributed by atoms with Crippen molar-refractivity contribution in [2.75, 3.05) is 19.8 Å². The monoisotopic (exact) mass is 436 g/mol. The molecule has 32 heavy (non-hydrogen) atoms. The molecule has 10 heteroatoms. The van der Waals surface area contributed by atoms with Gasteiger partial charge >= 0.3 is 17.9 Å². The van der Waals surface area contributed by atoms with Gasteiger partial charge in [0.2, 0.25) is 0 Å². The number of carbonyl (C=O) groups excluding carboxylic acids is 3. The van der Waals surface area contributed by atoms with E-state index in [0.29, 0.717) is 0 Å². The van der Waals surface area contributed by atoms with Gasteiger partial charge in [0, 0.05) is 37.2 Å². The van der Waals surface area contributed by atoms with Crippen LogP contribution < -0.4 is 5.73 Å². The Morgan fingerprint density at radius 1 is 0.656 bits per heavy atom. The number of hydrogen-bond acceptors (Lipinski definition) is 10. The number of ether oxygens (including phenoxy) is 3. The minimum atomic E-state index is -1.51. The normalized spacial score (nSPS) is 10.8. The van der Waals surface area contributed by atoms with E-state index in [2.05, 4.69) is 15.0 Å². The quantitative estimate of drug-likeness (QED) is 0.386. The number of esters is 3. The Hall–Kier alpha value is -4.18. The number of rotatable bonds is 9. The Kier molecular flexibility index (Phi) is 7.55. The predicted molar refractivity (Wildman–Crippen MR) is 110 cm³/mol. The summed E-state index contributed by atoms with van der Waals surface area (Å²) in [5.41, 5.74) is 5.44. The van der Waals surface area contributed by atoms with Gasteiger partial charge in [-0.05, 0) is 36.4 Å². The first kappa shape index (κ1) is 22.5. The van der Waals surface area contributed by atoms with Crippen molar-refractivity contribution in [3.63, 3.8) is 0 Å². The van der Waals surface area contributed by atoms with Crippen LogP contribution in [0.25, 0.3) is 0 Å². The van der Waals surface area contributed by atoms with Crippen LogP contribution in [0.5, 0.6) is 0 Å². The largest absolute Gasteiger partial charge is 0.460 e. The summed E-state index contributed by atoms with van der Waals surface area (Å²) in [5, 5.41) is 0. The van der Waals surface area contributed by atoms with Gasteiger partial charge in [0.05, 0.1) is 16.7 Å². The second-order valence-electron chi connectivity index (χ2n) is 6.82. The van der Waals surface area contributed by atoms with Gasteiger partial charge in [-0.2, -0.15) is 0 Å². The zero-order chi connectivity index (χ0) is 22.8. The molecule has 0 spiro atoms. The van der Waals surface area contributed by atoms with Gasteiger partial charge in [-0.3, -0.25) is 15.0 Å². The highest BCUT2D eigenvalue weighted by Crippen LogP contribution is 2.11. The summed E-state index contributed by atoms with van der Waals surface area (Å²) in [6.45, 7) is -1.16. The van der Waals surface area contributed by atoms with E-state index in [4.69, 9.17) is 19.9 Å². The summed E-state index contributed by atoms with van der Waals surface area (Å²) in [6.07, 6.45) is 8.56. The minimum Gasteiger partial charge on any atom is -0.460 e. The summed E-state index contributed by atoms with van der Waals surface area (Å²) in [5.74, 6) is -2.03. The first-order valence-electron chi connectivity index (χ1n) is 9.47. The van der Waals surface area contributed by atoms with Crippen LogP contribution in [0.1, 0.15) is 31.1 Å². The lowest BCUT2D eigenvalue weighted by atomic mass is 10.1. The number of carbonyl (C=O) groups is 3. The molecule has 3 rings (SSSR count). The van der Waals surface area contributed by atoms with Crippen molar-refractivity contribution in [2.45, 2.75) is 5.54 Å². The molecule has 0 radical (unpaired) electrons. The van der Waals surface area contributed by atoms with Gasteiger partial charge in [0.25, 0.3) is 0 Å². The molecule has 0 amide bonds. The van der Waals surface area contributed by atoms with E-state index in [1.165, 1.54) is 55.4 Å². The number of nitrogens with zero attached hydrogens (tertiary/aromatic N) is 3. The van der Waals surface area contributed by atoms with Crippen molar-refractivity contribution >= 4 is 17.9 Å². The number of nitrogens with two attached hydrogens (primary N) is 1. The molecular formula is C22H20N4O6. The van der Waals surface area contributed by atoms with E-state index in [0.717, 1.165) is 0 Å². The summed E-state index contributed by atoms with van der Waals surface area (Å²) in [7, 11) is 0. The lowest BCUT2D eigenvalue weighted by Gasteiger charge is -2.28. The molecule has 0 saturated heterocycles. The molecule has 0 aliphatic rings. The van der Waals surface area contributed by atoms with Crippen molar-refractivity contribution in [1.82, 2.24) is 15.0 Å². The maximum Gasteiger partial charge on any atom is 0.339 e. The van der Waals surface area contributed by atoms with Crippen LogP contribution in [0.2, 0.25) is 0 Å². The second-order valence-corrected chi connectivity index (χ2v) is 6.82. The van der Waals surface area contributed by atoms with Crippen molar-refractivity contribution in [3.05, 3.63) is 90.3 Å². The topological polar surface area (TPSA) is 144 Å². The van der Waals surface area contributed by atoms with Gasteiger partial charge in [-0.25, -0.2) is 14.4 Å². The third kappa shape index (κ3) is 6.41. The summed E-state index contributed by atoms with van der Waals surface area (Å²) < 4.78 is 15.8. The van der Waals surface area contributed by atoms with E-state index in [9.17, 15) is 14.4 Å². The van der Waals surface area contributed by atoms with Gasteiger partial charge in [-0.1, -0.05) is 0 Å². The summed E-state index contributed by atoms with van der Waals surface area (Å²) in [6, 6.07) is 9.32. The average molecular weight is 436 g/mol. The molecule has 0 bridgehead atoms. The standard InChI is InChI=1S/C22H20N4O6/c23-22(13-30-19(27)16-4-1-7-24-10-16,14-31-20(28)17-5-2-8-25-11-17)15-32-21(29)18-6-3-9-26-12-18/h1-12H,13-15,23H2. The highest BCUT2D eigenvalue weighted by atomic mass is 16.6. The van der Waals surface area contributed by atoms with Crippen LogP contribution >= 0.6 is 0 Å². The Bertz CT molecular complexity index is 913. The van der Waals surface area contributed by atoms with Crippen LogP contribution in [0, 0.1) is 0 Å². The highest BCUT2D eigenvalue weighted by molar-refractivity contribution is 5.90. The maximum absolute atomic E-state index is 12.3. The van der Waals surface area contributed by atoms with Crippen LogP contribution in [0.3, 0.4) is 0 Å². The van der Waals surface area contributed by atoms with Gasteiger partial charge < -0.3 is 19.9 Å². The van der Waals surface area contributed by atoms with E-state index < -0.39 is 23.4 Å². The Labute approximate surface area is 183 Å². The molecule has 0 aliphatic carbocycles. The van der Waals surface area contributed by atoms with E-state index in [-0.39, 0.29) is 36.5 Å². The molecule has 3 aromatic rings. The molecule has 3 aromatic heterocycles. The predicted octanol–water partition coefficient (Wildman–Crippen LogP) is 1.44. The second kappa shape index (κ2) is 10.7. The first-order chi connectivity index (χ1) is 15.5. The lowest BCUT2D eigenvalue weighted by molar-refractivity contribution is -0.00371. The van der Waals surface area contributed by atoms with Crippen molar-refractivity contribution in [1.29, 1.82) is 0 Å². The third-order valence-electron chi connectivity index (χ3n) is 4.16. The maximum atomic E-state index is 12.3. The average Bonchev–Trinajstić information content (AvgIpc) is 2.86. The number of hydrogen-bond donors (Lipinski definition) is 1. The number of aromatic nitrogens is 3. The summed E-state index contributed by atoms with van der Waals surface area (Å²) in [4.78, 5) is 48.3. The molecule has 0 saturated carbocycles. The Morgan fingerprint density at radius 3 is 1.22 bits per heavy atom. The van der Waals surface area contributed by atoms with E-state index in [1.54, 1.807) is 18.2 Å². The molecule has 164 valence electrons. The molecule has 0 atom stereocenters. The zero-order valence-corrected chi connectivity index (χ0v) is 16.9. The third-order valence-corrected chi connectivity index (χ3v) is 4.16. The van der Waals surface area contributed by atoms with Crippen molar-refractivity contribution in [2.24, 2.45) is 5.73 Å². The zero-order valence-electron chi connectivity index (χ0n) is 16.9. The first-order valence-corrected chi connectivity index (χ1v) is 9.47. The molecule has 0 fully saturated rings. The Balaban J connectivity index is 1.66. The summed E-state index contributed by atoms with van der Waals surface area (Å²) >= 11 is 0. The molecule has 3 heterocycles. The van der Waals surface area contributed by atoms with E-state index in [1.807, 2.05) is 0 Å². The fourth-order valence-electron chi connectivity index (χ4n) is 2.45. The van der Waals surface area contributed by atoms with Crippen molar-refractivity contribution in [3.8, 4) is 0 Å². The van der Waals surface area contributed by atoms with Gasteiger partial charge in [-0.15, -0.1) is 0 Å². The van der Waals surface area contributed by atoms with Gasteiger partial charge in [0.15, 0.2) is 0 Å². The Morgan fingerprint density at radius 2 is 0.969 bits per heavy atom. The SMILES string of the molecule is NC(COC(=O)c1cccnc1)(COC(=O)c1cccnc1)COC(=O)c1cccnc1.